The summed E-state index contributed by atoms with van der Waals surface area (Å²) in [6.45, 7) is 6.02. The van der Waals surface area contributed by atoms with Crippen LogP contribution in [0, 0.1) is 24.7 Å². The van der Waals surface area contributed by atoms with E-state index >= 15 is 0 Å². The van der Waals surface area contributed by atoms with Crippen LogP contribution in [0.5, 0.6) is 0 Å². The molecule has 32 heavy (non-hydrogen) atoms. The van der Waals surface area contributed by atoms with Gasteiger partial charge in [-0.05, 0) is 88.9 Å². The molecule has 2 N–H and O–H groups in total. The number of unbranched alkanes of at least 4 members (excludes halogenated alkanes) is 3. The first kappa shape index (κ1) is 23.7. The standard InChI is InChI=1S/C29H43NO2/c1-22-9-8-11-23(17-22)19-26(31)12-13-27-28-20-24(18-25(28)21-29(27)32)10-4-2-3-5-14-30-15-6-7-16-30/h8-9,11-13,17-18,25-29,31-32H,2-7,10,14-16,19-21H2,1H3/b13-12+/t25-,26+,27+,28-,29+/m0/s1. The zero-order valence-electron chi connectivity index (χ0n) is 20.0. The summed E-state index contributed by atoms with van der Waals surface area (Å²) in [4.78, 5) is 2.62. The molecule has 1 aromatic carbocycles. The lowest BCUT2D eigenvalue weighted by atomic mass is 9.88. The van der Waals surface area contributed by atoms with Crippen LogP contribution in [0.1, 0.15) is 68.9 Å². The van der Waals surface area contributed by atoms with Crippen molar-refractivity contribution in [1.29, 1.82) is 0 Å². The third kappa shape index (κ3) is 6.56. The highest BCUT2D eigenvalue weighted by Gasteiger charge is 2.43. The summed E-state index contributed by atoms with van der Waals surface area (Å²) < 4.78 is 0. The van der Waals surface area contributed by atoms with Gasteiger partial charge in [0.15, 0.2) is 0 Å². The molecule has 1 aliphatic heterocycles. The monoisotopic (exact) mass is 437 g/mol. The molecule has 1 saturated carbocycles. The number of rotatable bonds is 11. The normalized spacial score (nSPS) is 29.0. The molecule has 2 fully saturated rings. The molecule has 0 amide bonds. The fourth-order valence-corrected chi connectivity index (χ4v) is 6.24. The molecule has 3 aliphatic rings. The highest BCUT2D eigenvalue weighted by Crippen LogP contribution is 2.48. The number of aliphatic hydroxyl groups excluding tert-OH is 2. The highest BCUT2D eigenvalue weighted by molar-refractivity contribution is 5.24. The maximum atomic E-state index is 10.6. The molecular weight excluding hydrogens is 394 g/mol. The molecule has 3 heteroatoms. The SMILES string of the molecule is Cc1cccc(C[C@H](O)/C=C/[C@@H]2[C@H]3CC(CCCCCCN4CCCC4)=C[C@H]3C[C@H]2O)c1. The zero-order valence-corrected chi connectivity index (χ0v) is 20.0. The first-order valence-corrected chi connectivity index (χ1v) is 13.1. The molecular formula is C29H43NO2. The number of hydrogen-bond donors (Lipinski definition) is 2. The Morgan fingerprint density at radius 2 is 1.94 bits per heavy atom. The molecule has 2 aliphatic carbocycles. The fraction of sp³-hybridized carbons (Fsp3) is 0.655. The first-order chi connectivity index (χ1) is 15.6. The van der Waals surface area contributed by atoms with Gasteiger partial charge in [0.2, 0.25) is 0 Å². The Morgan fingerprint density at radius 1 is 1.12 bits per heavy atom. The second kappa shape index (κ2) is 11.6. The van der Waals surface area contributed by atoms with Crippen LogP contribution in [0.25, 0.3) is 0 Å². The summed E-state index contributed by atoms with van der Waals surface area (Å²) in [6, 6.07) is 8.34. The van der Waals surface area contributed by atoms with Crippen LogP contribution in [-0.4, -0.2) is 47.0 Å². The van der Waals surface area contributed by atoms with Gasteiger partial charge >= 0.3 is 0 Å². The van der Waals surface area contributed by atoms with Gasteiger partial charge in [0.1, 0.15) is 0 Å². The number of fused-ring (bicyclic) bond motifs is 1. The van der Waals surface area contributed by atoms with Crippen molar-refractivity contribution in [3.63, 3.8) is 0 Å². The Labute approximate surface area is 195 Å². The van der Waals surface area contributed by atoms with E-state index in [2.05, 4.69) is 42.2 Å². The molecule has 1 heterocycles. The average Bonchev–Trinajstić information content (AvgIpc) is 3.46. The van der Waals surface area contributed by atoms with Gasteiger partial charge < -0.3 is 15.1 Å². The minimum atomic E-state index is -0.488. The summed E-state index contributed by atoms with van der Waals surface area (Å²) in [6.07, 6.45) is 17.8. The van der Waals surface area contributed by atoms with Crippen LogP contribution < -0.4 is 0 Å². The molecule has 0 aromatic heterocycles. The number of nitrogens with zero attached hydrogens (tertiary/aromatic N) is 1. The molecule has 5 atom stereocenters. The Balaban J connectivity index is 1.17. The number of aryl methyl sites for hydroxylation is 1. The van der Waals surface area contributed by atoms with Gasteiger partial charge in [-0.25, -0.2) is 0 Å². The minimum absolute atomic E-state index is 0.182. The molecule has 0 radical (unpaired) electrons. The van der Waals surface area contributed by atoms with E-state index < -0.39 is 6.10 Å². The van der Waals surface area contributed by atoms with Crippen molar-refractivity contribution in [2.45, 2.75) is 83.3 Å². The molecule has 0 unspecified atom stereocenters. The second-order valence-corrected chi connectivity index (χ2v) is 10.6. The van der Waals surface area contributed by atoms with E-state index in [1.54, 1.807) is 5.57 Å². The van der Waals surface area contributed by atoms with Crippen molar-refractivity contribution in [3.8, 4) is 0 Å². The number of benzene rings is 1. The molecule has 3 nitrogen and oxygen atoms in total. The second-order valence-electron chi connectivity index (χ2n) is 10.6. The van der Waals surface area contributed by atoms with Crippen molar-refractivity contribution >= 4 is 0 Å². The summed E-state index contributed by atoms with van der Waals surface area (Å²) in [5.74, 6) is 1.23. The fourth-order valence-electron chi connectivity index (χ4n) is 6.24. The van der Waals surface area contributed by atoms with E-state index in [1.165, 1.54) is 70.1 Å². The summed E-state index contributed by atoms with van der Waals surface area (Å²) in [5, 5.41) is 21.1. The molecule has 0 bridgehead atoms. The van der Waals surface area contributed by atoms with Crippen molar-refractivity contribution in [3.05, 3.63) is 59.2 Å². The van der Waals surface area contributed by atoms with Gasteiger partial charge in [-0.3, -0.25) is 0 Å². The van der Waals surface area contributed by atoms with E-state index in [9.17, 15) is 10.2 Å². The third-order valence-electron chi connectivity index (χ3n) is 7.95. The van der Waals surface area contributed by atoms with Crippen LogP contribution >= 0.6 is 0 Å². The predicted molar refractivity (Wildman–Crippen MR) is 133 cm³/mol. The van der Waals surface area contributed by atoms with Crippen LogP contribution in [0.3, 0.4) is 0 Å². The number of aliphatic hydroxyl groups is 2. The number of likely N-dealkylation sites (tertiary alicyclic amines) is 1. The van der Waals surface area contributed by atoms with Gasteiger partial charge in [-0.1, -0.05) is 66.5 Å². The quantitative estimate of drug-likeness (QED) is 0.358. The van der Waals surface area contributed by atoms with Gasteiger partial charge in [0.05, 0.1) is 12.2 Å². The van der Waals surface area contributed by atoms with Crippen molar-refractivity contribution in [2.75, 3.05) is 19.6 Å². The Kier molecular flexibility index (Phi) is 8.62. The van der Waals surface area contributed by atoms with Crippen LogP contribution in [0.4, 0.5) is 0 Å². The van der Waals surface area contributed by atoms with Crippen LogP contribution in [0.2, 0.25) is 0 Å². The zero-order chi connectivity index (χ0) is 22.3. The van der Waals surface area contributed by atoms with Gasteiger partial charge in [0.25, 0.3) is 0 Å². The number of hydrogen-bond acceptors (Lipinski definition) is 3. The Hall–Kier alpha value is -1.42. The Bertz CT molecular complexity index is 779. The molecule has 4 rings (SSSR count). The van der Waals surface area contributed by atoms with E-state index in [-0.39, 0.29) is 12.0 Å². The summed E-state index contributed by atoms with van der Waals surface area (Å²) in [7, 11) is 0. The predicted octanol–water partition coefficient (Wildman–Crippen LogP) is 5.44. The van der Waals surface area contributed by atoms with E-state index in [0.29, 0.717) is 18.3 Å². The lowest BCUT2D eigenvalue weighted by molar-refractivity contribution is 0.140. The largest absolute Gasteiger partial charge is 0.392 e. The highest BCUT2D eigenvalue weighted by atomic mass is 16.3. The molecule has 1 saturated heterocycles. The number of allylic oxidation sites excluding steroid dienone is 2. The summed E-state index contributed by atoms with van der Waals surface area (Å²) in [5.41, 5.74) is 4.01. The van der Waals surface area contributed by atoms with Gasteiger partial charge in [0, 0.05) is 12.3 Å². The first-order valence-electron chi connectivity index (χ1n) is 13.1. The lowest BCUT2D eigenvalue weighted by Gasteiger charge is -2.19. The summed E-state index contributed by atoms with van der Waals surface area (Å²) >= 11 is 0. The van der Waals surface area contributed by atoms with Crippen LogP contribution in [-0.2, 0) is 6.42 Å². The van der Waals surface area contributed by atoms with Crippen molar-refractivity contribution < 1.29 is 10.2 Å². The topological polar surface area (TPSA) is 43.7 Å². The Morgan fingerprint density at radius 3 is 2.75 bits per heavy atom. The van der Waals surface area contributed by atoms with E-state index in [0.717, 1.165) is 18.4 Å². The molecule has 1 aromatic rings. The minimum Gasteiger partial charge on any atom is -0.392 e. The van der Waals surface area contributed by atoms with Crippen molar-refractivity contribution in [1.82, 2.24) is 4.90 Å². The smallest absolute Gasteiger partial charge is 0.0761 e. The third-order valence-corrected chi connectivity index (χ3v) is 7.95. The molecule has 176 valence electrons. The maximum absolute atomic E-state index is 10.6. The lowest BCUT2D eigenvalue weighted by Crippen LogP contribution is -2.20. The molecule has 0 spiro atoms. The van der Waals surface area contributed by atoms with Gasteiger partial charge in [-0.2, -0.15) is 0 Å². The average molecular weight is 438 g/mol. The maximum Gasteiger partial charge on any atom is 0.0761 e. The van der Waals surface area contributed by atoms with Crippen LogP contribution in [0.15, 0.2) is 48.1 Å². The van der Waals surface area contributed by atoms with Crippen molar-refractivity contribution in [2.24, 2.45) is 17.8 Å². The van der Waals surface area contributed by atoms with Gasteiger partial charge in [-0.15, -0.1) is 0 Å². The van der Waals surface area contributed by atoms with E-state index in [4.69, 9.17) is 0 Å². The van der Waals surface area contributed by atoms with E-state index in [1.807, 2.05) is 12.1 Å².